The monoisotopic (exact) mass is 450 g/mol. The summed E-state index contributed by atoms with van der Waals surface area (Å²) in [5.74, 6) is 0.319. The third-order valence-electron chi connectivity index (χ3n) is 6.74. The lowest BCUT2D eigenvalue weighted by Crippen LogP contribution is -2.44. The molecule has 33 heavy (non-hydrogen) atoms. The number of anilines is 1. The lowest BCUT2D eigenvalue weighted by Gasteiger charge is -2.33. The minimum absolute atomic E-state index is 0.341. The SMILES string of the molecule is O=C(NC(CCN1CCCC(CCc2ccc3c(n2)NCCC3)C1)C(=O)O)c1ccccc1. The minimum atomic E-state index is -0.986. The number of hydrogen-bond donors (Lipinski definition) is 3. The predicted molar refractivity (Wildman–Crippen MR) is 128 cm³/mol. The van der Waals surface area contributed by atoms with Crippen molar-refractivity contribution in [3.63, 3.8) is 0 Å². The number of nitrogens with zero attached hydrogens (tertiary/aromatic N) is 2. The number of carboxylic acid groups (broad SMARTS) is 1. The van der Waals surface area contributed by atoms with E-state index in [1.165, 1.54) is 18.4 Å². The van der Waals surface area contributed by atoms with Gasteiger partial charge in [0, 0.05) is 30.9 Å². The molecule has 2 aromatic rings. The number of carboxylic acids is 1. The van der Waals surface area contributed by atoms with Gasteiger partial charge >= 0.3 is 5.97 Å². The predicted octanol–water partition coefficient (Wildman–Crippen LogP) is 3.36. The number of aliphatic carboxylic acids is 1. The zero-order valence-electron chi connectivity index (χ0n) is 19.1. The maximum Gasteiger partial charge on any atom is 0.326 e. The van der Waals surface area contributed by atoms with Gasteiger partial charge in [0.1, 0.15) is 11.9 Å². The van der Waals surface area contributed by atoms with Crippen LogP contribution in [0.25, 0.3) is 0 Å². The fourth-order valence-corrected chi connectivity index (χ4v) is 4.85. The van der Waals surface area contributed by atoms with E-state index in [-0.39, 0.29) is 5.91 Å². The number of amides is 1. The van der Waals surface area contributed by atoms with Crippen molar-refractivity contribution in [3.8, 4) is 0 Å². The molecule has 3 N–H and O–H groups in total. The number of hydrogen-bond acceptors (Lipinski definition) is 5. The first kappa shape index (κ1) is 23.2. The molecule has 0 saturated carbocycles. The Bertz CT molecular complexity index is 950. The van der Waals surface area contributed by atoms with Crippen molar-refractivity contribution in [2.45, 2.75) is 51.0 Å². The van der Waals surface area contributed by atoms with Crippen LogP contribution in [-0.4, -0.2) is 59.1 Å². The molecule has 2 atom stereocenters. The summed E-state index contributed by atoms with van der Waals surface area (Å²) in [7, 11) is 0. The number of fused-ring (bicyclic) bond motifs is 1. The van der Waals surface area contributed by atoms with Crippen LogP contribution in [0.15, 0.2) is 42.5 Å². The molecule has 4 rings (SSSR count). The number of carbonyl (C=O) groups is 2. The van der Waals surface area contributed by atoms with Crippen molar-refractivity contribution < 1.29 is 14.7 Å². The first-order chi connectivity index (χ1) is 16.1. The zero-order chi connectivity index (χ0) is 23.0. The molecular formula is C26H34N4O3. The van der Waals surface area contributed by atoms with Crippen LogP contribution in [0.1, 0.15) is 53.7 Å². The first-order valence-corrected chi connectivity index (χ1v) is 12.1. The van der Waals surface area contributed by atoms with Gasteiger partial charge in [-0.05, 0) is 81.2 Å². The van der Waals surface area contributed by atoms with E-state index < -0.39 is 12.0 Å². The Kier molecular flexibility index (Phi) is 7.94. The summed E-state index contributed by atoms with van der Waals surface area (Å²) in [5.41, 5.74) is 2.95. The van der Waals surface area contributed by atoms with Crippen LogP contribution >= 0.6 is 0 Å². The number of carbonyl (C=O) groups excluding carboxylic acids is 1. The van der Waals surface area contributed by atoms with Gasteiger partial charge < -0.3 is 20.6 Å². The highest BCUT2D eigenvalue weighted by molar-refractivity contribution is 5.96. The molecule has 1 amide bonds. The lowest BCUT2D eigenvalue weighted by molar-refractivity contribution is -0.139. The molecule has 2 aliphatic rings. The molecule has 7 nitrogen and oxygen atoms in total. The van der Waals surface area contributed by atoms with Crippen LogP contribution < -0.4 is 10.6 Å². The number of rotatable bonds is 9. The van der Waals surface area contributed by atoms with Gasteiger partial charge in [-0.3, -0.25) is 4.79 Å². The summed E-state index contributed by atoms with van der Waals surface area (Å²) < 4.78 is 0. The smallest absolute Gasteiger partial charge is 0.326 e. The summed E-state index contributed by atoms with van der Waals surface area (Å²) in [6.07, 6.45) is 7.07. The first-order valence-electron chi connectivity index (χ1n) is 12.1. The second-order valence-electron chi connectivity index (χ2n) is 9.21. The third-order valence-corrected chi connectivity index (χ3v) is 6.74. The maximum absolute atomic E-state index is 12.4. The van der Waals surface area contributed by atoms with E-state index in [1.54, 1.807) is 24.3 Å². The molecule has 2 aliphatic heterocycles. The second kappa shape index (κ2) is 11.3. The number of pyridine rings is 1. The van der Waals surface area contributed by atoms with Gasteiger partial charge in [0.15, 0.2) is 0 Å². The van der Waals surface area contributed by atoms with Crippen LogP contribution in [0.2, 0.25) is 0 Å². The van der Waals surface area contributed by atoms with Crippen molar-refractivity contribution in [3.05, 3.63) is 59.3 Å². The van der Waals surface area contributed by atoms with Crippen LogP contribution in [0.5, 0.6) is 0 Å². The van der Waals surface area contributed by atoms with E-state index in [4.69, 9.17) is 4.98 Å². The molecule has 1 aromatic heterocycles. The van der Waals surface area contributed by atoms with Gasteiger partial charge in [-0.15, -0.1) is 0 Å². The number of aromatic nitrogens is 1. The molecule has 1 fully saturated rings. The number of nitrogens with one attached hydrogen (secondary N) is 2. The van der Waals surface area contributed by atoms with Gasteiger partial charge in [0.2, 0.25) is 0 Å². The summed E-state index contributed by atoms with van der Waals surface area (Å²) >= 11 is 0. The van der Waals surface area contributed by atoms with E-state index in [0.29, 0.717) is 24.4 Å². The summed E-state index contributed by atoms with van der Waals surface area (Å²) in [5, 5.41) is 15.7. The van der Waals surface area contributed by atoms with E-state index in [1.807, 2.05) is 6.07 Å². The highest BCUT2D eigenvalue weighted by Gasteiger charge is 2.24. The Morgan fingerprint density at radius 1 is 1.18 bits per heavy atom. The molecule has 3 heterocycles. The lowest BCUT2D eigenvalue weighted by atomic mass is 9.92. The summed E-state index contributed by atoms with van der Waals surface area (Å²) in [4.78, 5) is 31.3. The van der Waals surface area contributed by atoms with Crippen molar-refractivity contribution in [2.75, 3.05) is 31.5 Å². The molecule has 0 spiro atoms. The topological polar surface area (TPSA) is 94.6 Å². The Labute approximate surface area is 195 Å². The fraction of sp³-hybridized carbons (Fsp3) is 0.500. The van der Waals surface area contributed by atoms with E-state index in [0.717, 1.165) is 56.8 Å². The van der Waals surface area contributed by atoms with E-state index in [9.17, 15) is 14.7 Å². The summed E-state index contributed by atoms with van der Waals surface area (Å²) in [6, 6.07) is 12.3. The quantitative estimate of drug-likeness (QED) is 0.542. The Morgan fingerprint density at radius 2 is 2.03 bits per heavy atom. The third kappa shape index (κ3) is 6.54. The highest BCUT2D eigenvalue weighted by atomic mass is 16.4. The maximum atomic E-state index is 12.4. The van der Waals surface area contributed by atoms with Crippen molar-refractivity contribution in [2.24, 2.45) is 5.92 Å². The molecule has 1 aromatic carbocycles. The molecular weight excluding hydrogens is 416 g/mol. The van der Waals surface area contributed by atoms with Gasteiger partial charge in [0.25, 0.3) is 5.91 Å². The van der Waals surface area contributed by atoms with Crippen LogP contribution in [0, 0.1) is 5.92 Å². The number of likely N-dealkylation sites (tertiary alicyclic amines) is 1. The van der Waals surface area contributed by atoms with E-state index >= 15 is 0 Å². The van der Waals surface area contributed by atoms with Crippen LogP contribution in [0.3, 0.4) is 0 Å². The normalized spacial score (nSPS) is 19.2. The molecule has 1 saturated heterocycles. The second-order valence-corrected chi connectivity index (χ2v) is 9.21. The van der Waals surface area contributed by atoms with Gasteiger partial charge in [-0.2, -0.15) is 0 Å². The average Bonchev–Trinajstić information content (AvgIpc) is 2.85. The Balaban J connectivity index is 1.24. The Hall–Kier alpha value is -2.93. The summed E-state index contributed by atoms with van der Waals surface area (Å²) in [6.45, 7) is 3.63. The average molecular weight is 451 g/mol. The molecule has 2 unspecified atom stereocenters. The molecule has 0 aliphatic carbocycles. The standard InChI is InChI=1S/C26H34N4O3/c31-25(21-7-2-1-3-8-21)29-23(26(32)33)14-17-30-16-5-6-19(18-30)10-12-22-13-11-20-9-4-15-27-24(20)28-22/h1-3,7-8,11,13,19,23H,4-6,9-10,12,14-18H2,(H,27,28)(H,29,31)(H,32,33). The molecule has 176 valence electrons. The van der Waals surface area contributed by atoms with Gasteiger partial charge in [-0.25, -0.2) is 9.78 Å². The van der Waals surface area contributed by atoms with Crippen LogP contribution in [0.4, 0.5) is 5.82 Å². The van der Waals surface area contributed by atoms with Crippen LogP contribution in [-0.2, 0) is 17.6 Å². The van der Waals surface area contributed by atoms with Gasteiger partial charge in [-0.1, -0.05) is 24.3 Å². The van der Waals surface area contributed by atoms with Gasteiger partial charge in [0.05, 0.1) is 0 Å². The Morgan fingerprint density at radius 3 is 2.85 bits per heavy atom. The van der Waals surface area contributed by atoms with E-state index in [2.05, 4.69) is 27.7 Å². The highest BCUT2D eigenvalue weighted by Crippen LogP contribution is 2.24. The number of benzene rings is 1. The largest absolute Gasteiger partial charge is 0.480 e. The van der Waals surface area contributed by atoms with Crippen molar-refractivity contribution >= 4 is 17.7 Å². The fourth-order valence-electron chi connectivity index (χ4n) is 4.85. The number of aryl methyl sites for hydroxylation is 2. The zero-order valence-corrected chi connectivity index (χ0v) is 19.1. The molecule has 0 radical (unpaired) electrons. The number of piperidine rings is 1. The molecule has 7 heteroatoms. The molecule has 0 bridgehead atoms. The van der Waals surface area contributed by atoms with Crippen molar-refractivity contribution in [1.29, 1.82) is 0 Å². The van der Waals surface area contributed by atoms with Crippen molar-refractivity contribution in [1.82, 2.24) is 15.2 Å². The minimum Gasteiger partial charge on any atom is -0.480 e.